The molecule has 1 heteroatoms. The Balaban J connectivity index is 0.954. The standard InChI is InChI=1S/C69H55N/c1-46-25-40-62-63-41-26-47(2)44-67(63)69(66(62)43-46)65-24-14-13-23-61(65)64-42-39-56(45-68(64)69)70(54-35-31-51(32-36-54)50-29-27-49(28-30-50)48-15-5-3-6-16-48)55-37-33-53(34-38-55)58-20-10-12-22-60(58)59-21-11-9-19-57(59)52-17-7-4-8-18-52/h4,7-14,17-45,48H,3,5-6,15-16H2,1-2H3. The van der Waals surface area contributed by atoms with Crippen molar-refractivity contribution in [1.29, 1.82) is 0 Å². The molecule has 0 radical (unpaired) electrons. The van der Waals surface area contributed by atoms with Crippen LogP contribution in [-0.2, 0) is 5.41 Å². The van der Waals surface area contributed by atoms with E-state index >= 15 is 0 Å². The third kappa shape index (κ3) is 6.90. The van der Waals surface area contributed by atoms with Gasteiger partial charge in [0.15, 0.2) is 0 Å². The molecule has 1 spiro atoms. The van der Waals surface area contributed by atoms with Gasteiger partial charge in [-0.15, -0.1) is 0 Å². The monoisotopic (exact) mass is 897 g/mol. The van der Waals surface area contributed by atoms with E-state index in [4.69, 9.17) is 0 Å². The van der Waals surface area contributed by atoms with Crippen molar-refractivity contribution in [3.8, 4) is 66.8 Å². The molecule has 0 heterocycles. The van der Waals surface area contributed by atoms with Crippen LogP contribution < -0.4 is 4.90 Å². The van der Waals surface area contributed by atoms with Gasteiger partial charge in [0, 0.05) is 17.1 Å². The lowest BCUT2D eigenvalue weighted by Crippen LogP contribution is -2.26. The molecule has 70 heavy (non-hydrogen) atoms. The summed E-state index contributed by atoms with van der Waals surface area (Å²) in [6.07, 6.45) is 6.70. The van der Waals surface area contributed by atoms with Crippen LogP contribution in [0, 0.1) is 13.8 Å². The number of aryl methyl sites for hydroxylation is 2. The Kier molecular flexibility index (Phi) is 10.4. The van der Waals surface area contributed by atoms with Crippen molar-refractivity contribution in [2.75, 3.05) is 4.90 Å². The maximum absolute atomic E-state index is 2.51. The van der Waals surface area contributed by atoms with Gasteiger partial charge < -0.3 is 4.90 Å². The predicted molar refractivity (Wildman–Crippen MR) is 294 cm³/mol. The van der Waals surface area contributed by atoms with Crippen molar-refractivity contribution in [2.45, 2.75) is 57.3 Å². The highest BCUT2D eigenvalue weighted by Gasteiger charge is 2.52. The number of rotatable bonds is 8. The first-order valence-corrected chi connectivity index (χ1v) is 25.3. The van der Waals surface area contributed by atoms with E-state index in [9.17, 15) is 0 Å². The summed E-state index contributed by atoms with van der Waals surface area (Å²) in [5.41, 5.74) is 27.5. The summed E-state index contributed by atoms with van der Waals surface area (Å²) in [5.74, 6) is 0.696. The van der Waals surface area contributed by atoms with Crippen molar-refractivity contribution in [1.82, 2.24) is 0 Å². The molecule has 0 aromatic heterocycles. The maximum Gasteiger partial charge on any atom is 0.0726 e. The summed E-state index contributed by atoms with van der Waals surface area (Å²) in [5, 5.41) is 0. The summed E-state index contributed by atoms with van der Waals surface area (Å²) < 4.78 is 0. The average Bonchev–Trinajstić information content (AvgIpc) is 3.88. The highest BCUT2D eigenvalue weighted by atomic mass is 15.1. The van der Waals surface area contributed by atoms with Gasteiger partial charge >= 0.3 is 0 Å². The summed E-state index contributed by atoms with van der Waals surface area (Å²) in [6.45, 7) is 4.47. The highest BCUT2D eigenvalue weighted by Crippen LogP contribution is 2.63. The van der Waals surface area contributed by atoms with Crippen molar-refractivity contribution in [2.24, 2.45) is 0 Å². The number of anilines is 3. The third-order valence-corrected chi connectivity index (χ3v) is 15.8. The molecule has 0 aliphatic heterocycles. The first-order valence-electron chi connectivity index (χ1n) is 25.3. The second kappa shape index (κ2) is 17.2. The minimum atomic E-state index is -0.451. The molecule has 3 aliphatic carbocycles. The Hall–Kier alpha value is -8.00. The minimum absolute atomic E-state index is 0.451. The number of nitrogens with zero attached hydrogens (tertiary/aromatic N) is 1. The maximum atomic E-state index is 2.51. The molecule has 0 N–H and O–H groups in total. The van der Waals surface area contributed by atoms with Gasteiger partial charge in [-0.2, -0.15) is 0 Å². The quantitative estimate of drug-likeness (QED) is 0.147. The molecule has 0 unspecified atom stereocenters. The van der Waals surface area contributed by atoms with Crippen molar-refractivity contribution >= 4 is 17.1 Å². The van der Waals surface area contributed by atoms with Crippen molar-refractivity contribution < 1.29 is 0 Å². The molecule has 1 saturated carbocycles. The fourth-order valence-electron chi connectivity index (χ4n) is 12.5. The molecule has 3 aliphatic rings. The number of fused-ring (bicyclic) bond motifs is 10. The zero-order valence-corrected chi connectivity index (χ0v) is 40.0. The van der Waals surface area contributed by atoms with E-state index in [1.54, 1.807) is 0 Å². The smallest absolute Gasteiger partial charge is 0.0726 e. The molecular weight excluding hydrogens is 843 g/mol. The van der Waals surface area contributed by atoms with Crippen LogP contribution >= 0.6 is 0 Å². The predicted octanol–water partition coefficient (Wildman–Crippen LogP) is 18.8. The van der Waals surface area contributed by atoms with Gasteiger partial charge in [0.2, 0.25) is 0 Å². The lowest BCUT2D eigenvalue weighted by molar-refractivity contribution is 0.443. The Morgan fingerprint density at radius 1 is 0.314 bits per heavy atom. The molecule has 1 fully saturated rings. The van der Waals surface area contributed by atoms with Gasteiger partial charge in [-0.1, -0.05) is 225 Å². The average molecular weight is 898 g/mol. The van der Waals surface area contributed by atoms with Gasteiger partial charge in [0.25, 0.3) is 0 Å². The highest BCUT2D eigenvalue weighted by molar-refractivity contribution is 5.97. The fourth-order valence-corrected chi connectivity index (χ4v) is 12.5. The molecule has 0 atom stereocenters. The van der Waals surface area contributed by atoms with E-state index in [2.05, 4.69) is 249 Å². The SMILES string of the molecule is Cc1ccc2c(c1)C1(c3ccccc3-c3ccc(N(c4ccc(-c5ccc(C6CCCCC6)cc5)cc4)c4ccc(-c5ccccc5-c5ccccc5-c5ccccc5)cc4)cc31)c1cc(C)ccc1-2. The van der Waals surface area contributed by atoms with Crippen LogP contribution in [0.1, 0.15) is 77.0 Å². The van der Waals surface area contributed by atoms with Gasteiger partial charge in [0.05, 0.1) is 5.41 Å². The Morgan fingerprint density at radius 2 is 0.729 bits per heavy atom. The van der Waals surface area contributed by atoms with Crippen LogP contribution in [0.3, 0.4) is 0 Å². The van der Waals surface area contributed by atoms with E-state index in [1.807, 2.05) is 0 Å². The second-order valence-electron chi connectivity index (χ2n) is 20.0. The van der Waals surface area contributed by atoms with Crippen LogP contribution in [-0.4, -0.2) is 0 Å². The molecule has 0 bridgehead atoms. The van der Waals surface area contributed by atoms with Gasteiger partial charge in [0.1, 0.15) is 0 Å². The van der Waals surface area contributed by atoms with E-state index in [1.165, 1.54) is 138 Å². The Labute approximate surface area is 413 Å². The third-order valence-electron chi connectivity index (χ3n) is 15.8. The van der Waals surface area contributed by atoms with Crippen LogP contribution in [0.5, 0.6) is 0 Å². The van der Waals surface area contributed by atoms with Gasteiger partial charge in [-0.05, 0) is 164 Å². The van der Waals surface area contributed by atoms with E-state index < -0.39 is 5.41 Å². The Morgan fingerprint density at radius 3 is 1.30 bits per heavy atom. The zero-order valence-electron chi connectivity index (χ0n) is 40.0. The number of benzene rings is 10. The van der Waals surface area contributed by atoms with Gasteiger partial charge in [-0.3, -0.25) is 0 Å². The summed E-state index contributed by atoms with van der Waals surface area (Å²) in [4.78, 5) is 2.47. The lowest BCUT2D eigenvalue weighted by Gasteiger charge is -2.32. The zero-order chi connectivity index (χ0) is 46.8. The lowest BCUT2D eigenvalue weighted by atomic mass is 9.70. The summed E-state index contributed by atoms with van der Waals surface area (Å²) >= 11 is 0. The molecule has 0 saturated heterocycles. The van der Waals surface area contributed by atoms with Crippen LogP contribution in [0.15, 0.2) is 231 Å². The largest absolute Gasteiger partial charge is 0.310 e. The van der Waals surface area contributed by atoms with Crippen LogP contribution in [0.25, 0.3) is 66.8 Å². The molecule has 0 amide bonds. The first kappa shape index (κ1) is 42.1. The van der Waals surface area contributed by atoms with Crippen molar-refractivity contribution in [3.63, 3.8) is 0 Å². The van der Waals surface area contributed by atoms with Gasteiger partial charge in [-0.25, -0.2) is 0 Å². The summed E-state index contributed by atoms with van der Waals surface area (Å²) in [7, 11) is 0. The molecular formula is C69H55N. The van der Waals surface area contributed by atoms with Crippen LogP contribution in [0.2, 0.25) is 0 Å². The topological polar surface area (TPSA) is 3.24 Å². The summed E-state index contributed by atoms with van der Waals surface area (Å²) in [6, 6.07) is 86.9. The minimum Gasteiger partial charge on any atom is -0.310 e. The molecule has 10 aromatic carbocycles. The molecule has 1 nitrogen and oxygen atoms in total. The number of hydrogen-bond donors (Lipinski definition) is 0. The second-order valence-corrected chi connectivity index (χ2v) is 20.0. The normalized spacial score (nSPS) is 14.2. The first-order chi connectivity index (χ1) is 34.5. The van der Waals surface area contributed by atoms with Crippen molar-refractivity contribution in [3.05, 3.63) is 269 Å². The molecule has 13 rings (SSSR count). The van der Waals surface area contributed by atoms with Crippen LogP contribution in [0.4, 0.5) is 17.1 Å². The number of hydrogen-bond acceptors (Lipinski definition) is 1. The van der Waals surface area contributed by atoms with E-state index in [0.29, 0.717) is 5.92 Å². The molecule has 10 aromatic rings. The fraction of sp³-hybridized carbons (Fsp3) is 0.130. The van der Waals surface area contributed by atoms with E-state index in [0.717, 1.165) is 17.1 Å². The van der Waals surface area contributed by atoms with E-state index in [-0.39, 0.29) is 0 Å². The molecule has 336 valence electrons. The Bertz CT molecular complexity index is 3520.